The Labute approximate surface area is 136 Å². The molecule has 0 aliphatic carbocycles. The van der Waals surface area contributed by atoms with Crippen LogP contribution in [0.1, 0.15) is 25.0 Å². The molecule has 0 saturated carbocycles. The third kappa shape index (κ3) is 4.30. The molecular formula is C17H16F3NW. The van der Waals surface area contributed by atoms with Gasteiger partial charge in [0.2, 0.25) is 0 Å². The molecule has 0 amide bonds. The molecule has 2 aromatic rings. The SMILES string of the molecule is CC(C)([CH]=[W]=[N]c1ccccc1C(F)(F)F)c1ccccc1. The number of hydrogen-bond donors (Lipinski definition) is 0. The van der Waals surface area contributed by atoms with E-state index < -0.39 is 29.7 Å². The summed E-state index contributed by atoms with van der Waals surface area (Å²) >= 11 is -1.38. The molecule has 0 saturated heterocycles. The van der Waals surface area contributed by atoms with Gasteiger partial charge in [-0.25, -0.2) is 0 Å². The van der Waals surface area contributed by atoms with Gasteiger partial charge in [0.05, 0.1) is 0 Å². The molecule has 0 atom stereocenters. The van der Waals surface area contributed by atoms with E-state index in [0.29, 0.717) is 0 Å². The van der Waals surface area contributed by atoms with Crippen molar-refractivity contribution in [3.8, 4) is 0 Å². The minimum atomic E-state index is -4.35. The normalized spacial score (nSPS) is 11.9. The molecule has 0 heterocycles. The predicted octanol–water partition coefficient (Wildman–Crippen LogP) is 5.38. The van der Waals surface area contributed by atoms with Crippen LogP contribution < -0.4 is 0 Å². The Morgan fingerprint density at radius 1 is 0.909 bits per heavy atom. The van der Waals surface area contributed by atoms with Gasteiger partial charge >= 0.3 is 136 Å². The zero-order valence-electron chi connectivity index (χ0n) is 12.3. The van der Waals surface area contributed by atoms with E-state index in [1.54, 1.807) is 6.07 Å². The minimum absolute atomic E-state index is 0.0557. The Balaban J connectivity index is 2.33. The number of alkyl halides is 3. The Kier molecular flexibility index (Phi) is 5.23. The summed E-state index contributed by atoms with van der Waals surface area (Å²) in [6, 6.07) is 15.4. The van der Waals surface area contributed by atoms with Gasteiger partial charge in [-0.2, -0.15) is 0 Å². The second-order valence-electron chi connectivity index (χ2n) is 5.42. The molecule has 0 fully saturated rings. The van der Waals surface area contributed by atoms with Crippen LogP contribution in [0.5, 0.6) is 0 Å². The van der Waals surface area contributed by atoms with Gasteiger partial charge in [-0.15, -0.1) is 0 Å². The Morgan fingerprint density at radius 3 is 2.14 bits per heavy atom. The monoisotopic (exact) mass is 475 g/mol. The van der Waals surface area contributed by atoms with Crippen LogP contribution in [0.25, 0.3) is 0 Å². The van der Waals surface area contributed by atoms with Crippen molar-refractivity contribution in [2.24, 2.45) is 3.50 Å². The molecule has 2 rings (SSSR count). The number of rotatable bonds is 3. The van der Waals surface area contributed by atoms with Crippen LogP contribution in [0, 0.1) is 0 Å². The molecule has 22 heavy (non-hydrogen) atoms. The third-order valence-corrected chi connectivity index (χ3v) is 6.81. The summed E-state index contributed by atoms with van der Waals surface area (Å²) in [5, 5.41) is 0. The van der Waals surface area contributed by atoms with Crippen LogP contribution >= 0.6 is 0 Å². The average Bonchev–Trinajstić information content (AvgIpc) is 2.47. The molecule has 116 valence electrons. The van der Waals surface area contributed by atoms with Gasteiger partial charge in [0.1, 0.15) is 0 Å². The van der Waals surface area contributed by atoms with E-state index in [4.69, 9.17) is 0 Å². The first-order chi connectivity index (χ1) is 10.3. The first kappa shape index (κ1) is 17.0. The van der Waals surface area contributed by atoms with Crippen LogP contribution in [0.4, 0.5) is 18.9 Å². The summed E-state index contributed by atoms with van der Waals surface area (Å²) in [6.07, 6.45) is -4.35. The summed E-state index contributed by atoms with van der Waals surface area (Å²) in [5.41, 5.74) is 0.373. The summed E-state index contributed by atoms with van der Waals surface area (Å²) in [4.78, 5) is 0. The Bertz CT molecular complexity index is 699. The first-order valence-corrected chi connectivity index (χ1v) is 9.74. The van der Waals surface area contributed by atoms with Crippen LogP contribution in [0.3, 0.4) is 0 Å². The topological polar surface area (TPSA) is 12.4 Å². The molecule has 0 aliphatic heterocycles. The second kappa shape index (κ2) is 6.78. The average molecular weight is 475 g/mol. The number of benzene rings is 2. The number of nitrogens with zero attached hydrogens (tertiary/aromatic N) is 1. The molecule has 0 spiro atoms. The van der Waals surface area contributed by atoms with E-state index in [1.807, 2.05) is 30.3 Å². The van der Waals surface area contributed by atoms with Gasteiger partial charge in [-0.05, 0) is 0 Å². The molecule has 0 unspecified atom stereocenters. The van der Waals surface area contributed by atoms with Gasteiger partial charge in [0.25, 0.3) is 0 Å². The van der Waals surface area contributed by atoms with Gasteiger partial charge < -0.3 is 0 Å². The quantitative estimate of drug-likeness (QED) is 0.566. The van der Waals surface area contributed by atoms with Crippen molar-refractivity contribution in [3.05, 3.63) is 65.7 Å². The van der Waals surface area contributed by atoms with E-state index in [9.17, 15) is 13.2 Å². The zero-order valence-corrected chi connectivity index (χ0v) is 15.2. The summed E-state index contributed by atoms with van der Waals surface area (Å²) in [7, 11) is 0. The molecule has 2 aromatic carbocycles. The second-order valence-corrected chi connectivity index (χ2v) is 7.68. The van der Waals surface area contributed by atoms with Crippen molar-refractivity contribution >= 4 is 10.1 Å². The molecule has 5 heteroatoms. The van der Waals surface area contributed by atoms with Crippen LogP contribution in [-0.4, -0.2) is 4.40 Å². The van der Waals surface area contributed by atoms with Crippen molar-refractivity contribution in [2.45, 2.75) is 25.4 Å². The van der Waals surface area contributed by atoms with Crippen molar-refractivity contribution < 1.29 is 31.1 Å². The summed E-state index contributed by atoms with van der Waals surface area (Å²) in [6.45, 7) is 4.13. The van der Waals surface area contributed by atoms with E-state index in [2.05, 4.69) is 21.7 Å². The van der Waals surface area contributed by atoms with Crippen molar-refractivity contribution in [1.29, 1.82) is 0 Å². The van der Waals surface area contributed by atoms with Crippen molar-refractivity contribution in [1.82, 2.24) is 0 Å². The van der Waals surface area contributed by atoms with Crippen molar-refractivity contribution in [3.63, 3.8) is 0 Å². The van der Waals surface area contributed by atoms with E-state index in [-0.39, 0.29) is 11.1 Å². The van der Waals surface area contributed by atoms with Gasteiger partial charge in [0.15, 0.2) is 0 Å². The van der Waals surface area contributed by atoms with E-state index in [0.717, 1.165) is 11.6 Å². The molecule has 0 N–H and O–H groups in total. The molecule has 0 aliphatic rings. The Hall–Kier alpha value is -1.41. The first-order valence-electron chi connectivity index (χ1n) is 6.74. The molecule has 0 bridgehead atoms. The van der Waals surface area contributed by atoms with Gasteiger partial charge in [0, 0.05) is 0 Å². The predicted molar refractivity (Wildman–Crippen MR) is 79.1 cm³/mol. The summed E-state index contributed by atoms with van der Waals surface area (Å²) < 4.78 is 45.1. The molecule has 0 radical (unpaired) electrons. The Morgan fingerprint density at radius 2 is 1.50 bits per heavy atom. The van der Waals surface area contributed by atoms with E-state index in [1.165, 1.54) is 12.1 Å². The van der Waals surface area contributed by atoms with Gasteiger partial charge in [-0.1, -0.05) is 0 Å². The molecule has 1 nitrogen and oxygen atoms in total. The fourth-order valence-electron chi connectivity index (χ4n) is 1.94. The van der Waals surface area contributed by atoms with Crippen LogP contribution in [0.2, 0.25) is 0 Å². The van der Waals surface area contributed by atoms with Crippen LogP contribution in [0.15, 0.2) is 58.1 Å². The summed E-state index contributed by atoms with van der Waals surface area (Å²) in [5.74, 6) is 0. The zero-order chi connectivity index (χ0) is 16.2. The maximum absolute atomic E-state index is 12.9. The van der Waals surface area contributed by atoms with Crippen LogP contribution in [-0.2, 0) is 29.5 Å². The number of halogens is 3. The van der Waals surface area contributed by atoms with Gasteiger partial charge in [-0.3, -0.25) is 0 Å². The molecular weight excluding hydrogens is 459 g/mol. The fraction of sp³-hybridized carbons (Fsp3) is 0.235. The standard InChI is InChI=1S/C10H12.C7H4F3N.W/c1-10(2,3)9-7-5-4-6-8-9;8-7(9,10)5-3-1-2-4-6(5)11;/h1,4-8H,2-3H3;1-4H;. The molecule has 0 aromatic heterocycles. The fourth-order valence-corrected chi connectivity index (χ4v) is 4.55. The van der Waals surface area contributed by atoms with Crippen molar-refractivity contribution in [2.75, 3.05) is 0 Å². The number of hydrogen-bond acceptors (Lipinski definition) is 1. The maximum atomic E-state index is 12.9. The van der Waals surface area contributed by atoms with E-state index >= 15 is 0 Å². The third-order valence-electron chi connectivity index (χ3n) is 3.23.